The average Bonchev–Trinajstić information content (AvgIpc) is 3.49. The first kappa shape index (κ1) is 20.1. The molecule has 2 aromatic heterocycles. The molecule has 0 spiro atoms. The molecule has 32 heavy (non-hydrogen) atoms. The molecule has 1 aliphatic rings. The zero-order valence-corrected chi connectivity index (χ0v) is 18.6. The third-order valence-corrected chi connectivity index (χ3v) is 5.96. The van der Waals surface area contributed by atoms with Gasteiger partial charge in [-0.15, -0.1) is 0 Å². The monoisotopic (exact) mass is 426 g/mol. The molecule has 0 aliphatic carbocycles. The van der Waals surface area contributed by atoms with Crippen LogP contribution in [0.3, 0.4) is 0 Å². The Labute approximate surface area is 187 Å². The Balaban J connectivity index is 1.42. The first-order chi connectivity index (χ1) is 15.5. The van der Waals surface area contributed by atoms with Crippen LogP contribution in [0.25, 0.3) is 11.5 Å². The van der Waals surface area contributed by atoms with E-state index >= 15 is 0 Å². The van der Waals surface area contributed by atoms with Crippen LogP contribution in [0.4, 0.5) is 0 Å². The number of rotatable bonds is 5. The van der Waals surface area contributed by atoms with Crippen LogP contribution in [-0.4, -0.2) is 31.8 Å². The molecular formula is C26H26N4O2. The van der Waals surface area contributed by atoms with Gasteiger partial charge in [0.25, 0.3) is 5.91 Å². The van der Waals surface area contributed by atoms with E-state index in [0.29, 0.717) is 13.1 Å². The molecule has 0 bridgehead atoms. The number of amides is 1. The topological polar surface area (TPSA) is 52.3 Å². The Hall–Kier alpha value is -3.80. The van der Waals surface area contributed by atoms with Gasteiger partial charge in [0.05, 0.1) is 24.5 Å². The van der Waals surface area contributed by atoms with E-state index in [1.54, 1.807) is 0 Å². The van der Waals surface area contributed by atoms with E-state index in [9.17, 15) is 4.79 Å². The smallest absolute Gasteiger partial charge is 0.261 e. The number of hydrogen-bond acceptors (Lipinski definition) is 3. The first-order valence-electron chi connectivity index (χ1n) is 10.8. The van der Waals surface area contributed by atoms with E-state index in [1.165, 1.54) is 11.1 Å². The predicted molar refractivity (Wildman–Crippen MR) is 123 cm³/mol. The number of ether oxygens (including phenoxy) is 1. The molecule has 2 aromatic carbocycles. The van der Waals surface area contributed by atoms with Gasteiger partial charge >= 0.3 is 0 Å². The van der Waals surface area contributed by atoms with Gasteiger partial charge in [0.2, 0.25) is 0 Å². The minimum Gasteiger partial charge on any atom is -0.484 e. The van der Waals surface area contributed by atoms with Gasteiger partial charge in [-0.1, -0.05) is 35.9 Å². The Morgan fingerprint density at radius 3 is 2.50 bits per heavy atom. The number of para-hydroxylation sites is 1. The van der Waals surface area contributed by atoms with Crippen LogP contribution in [0, 0.1) is 20.8 Å². The highest BCUT2D eigenvalue weighted by atomic mass is 16.5. The van der Waals surface area contributed by atoms with Crippen LogP contribution in [0.5, 0.6) is 5.75 Å². The minimum absolute atomic E-state index is 0.0189. The van der Waals surface area contributed by atoms with Gasteiger partial charge in [-0.3, -0.25) is 4.79 Å². The maximum atomic E-state index is 12.9. The molecule has 3 heterocycles. The van der Waals surface area contributed by atoms with Crippen LogP contribution in [0.1, 0.15) is 27.9 Å². The molecule has 4 aromatic rings. The molecule has 162 valence electrons. The van der Waals surface area contributed by atoms with Crippen molar-refractivity contribution in [1.82, 2.24) is 19.2 Å². The molecular weight excluding hydrogens is 400 g/mol. The van der Waals surface area contributed by atoms with Gasteiger partial charge in [0.1, 0.15) is 11.6 Å². The third-order valence-electron chi connectivity index (χ3n) is 5.96. The number of nitrogens with zero attached hydrogens (tertiary/aromatic N) is 4. The summed E-state index contributed by atoms with van der Waals surface area (Å²) in [6, 6.07) is 18.1. The molecule has 1 amide bonds. The Morgan fingerprint density at radius 2 is 1.75 bits per heavy atom. The van der Waals surface area contributed by atoms with Crippen molar-refractivity contribution in [2.45, 2.75) is 33.9 Å². The Bertz CT molecular complexity index is 1290. The third kappa shape index (κ3) is 3.58. The summed E-state index contributed by atoms with van der Waals surface area (Å²) in [5.74, 6) is 1.68. The molecule has 0 N–H and O–H groups in total. The fraction of sp³-hybridized carbons (Fsp3) is 0.231. The van der Waals surface area contributed by atoms with E-state index in [4.69, 9.17) is 9.84 Å². The van der Waals surface area contributed by atoms with Gasteiger partial charge in [-0.25, -0.2) is 4.68 Å². The van der Waals surface area contributed by atoms with Crippen LogP contribution >= 0.6 is 0 Å². The summed E-state index contributed by atoms with van der Waals surface area (Å²) in [5.41, 5.74) is 6.46. The van der Waals surface area contributed by atoms with Crippen molar-refractivity contribution >= 4 is 5.91 Å². The van der Waals surface area contributed by atoms with Gasteiger partial charge in [-0.2, -0.15) is 5.10 Å². The van der Waals surface area contributed by atoms with E-state index in [0.717, 1.165) is 34.1 Å². The zero-order chi connectivity index (χ0) is 22.2. The van der Waals surface area contributed by atoms with E-state index in [-0.39, 0.29) is 12.5 Å². The highest BCUT2D eigenvalue weighted by Crippen LogP contribution is 2.31. The lowest BCUT2D eigenvalue weighted by Gasteiger charge is -2.18. The lowest BCUT2D eigenvalue weighted by molar-refractivity contribution is -0.134. The predicted octanol–water partition coefficient (Wildman–Crippen LogP) is 4.51. The second-order valence-electron chi connectivity index (χ2n) is 8.34. The summed E-state index contributed by atoms with van der Waals surface area (Å²) in [4.78, 5) is 14.7. The number of hydrogen-bond donors (Lipinski definition) is 0. The van der Waals surface area contributed by atoms with Crippen molar-refractivity contribution in [2.24, 2.45) is 0 Å². The second kappa shape index (κ2) is 8.04. The molecule has 0 unspecified atom stereocenters. The zero-order valence-electron chi connectivity index (χ0n) is 18.6. The van der Waals surface area contributed by atoms with Gasteiger partial charge in [0.15, 0.2) is 6.61 Å². The lowest BCUT2D eigenvalue weighted by Crippen LogP contribution is -2.31. The number of aromatic nitrogens is 3. The number of aryl methyl sites for hydroxylation is 3. The average molecular weight is 427 g/mol. The van der Waals surface area contributed by atoms with E-state index < -0.39 is 0 Å². The molecule has 0 saturated carbocycles. The minimum atomic E-state index is -0.0391. The van der Waals surface area contributed by atoms with Gasteiger partial charge < -0.3 is 14.2 Å². The fourth-order valence-electron chi connectivity index (χ4n) is 4.28. The van der Waals surface area contributed by atoms with Crippen LogP contribution in [0.15, 0.2) is 67.0 Å². The van der Waals surface area contributed by atoms with Crippen LogP contribution < -0.4 is 4.74 Å². The SMILES string of the molecule is Cc1ccc(-n2nc3c(c2-n2cccc2)CN(C(=O)COc2ccccc2C)C3)c(C)c1. The summed E-state index contributed by atoms with van der Waals surface area (Å²) in [6.45, 7) is 7.19. The molecule has 1 aliphatic heterocycles. The fourth-order valence-corrected chi connectivity index (χ4v) is 4.28. The van der Waals surface area contributed by atoms with Crippen molar-refractivity contribution in [3.63, 3.8) is 0 Å². The molecule has 0 fully saturated rings. The van der Waals surface area contributed by atoms with Gasteiger partial charge in [0, 0.05) is 18.0 Å². The van der Waals surface area contributed by atoms with Crippen molar-refractivity contribution in [3.8, 4) is 17.3 Å². The number of fused-ring (bicyclic) bond motifs is 1. The summed E-state index contributed by atoms with van der Waals surface area (Å²) >= 11 is 0. The Morgan fingerprint density at radius 1 is 0.969 bits per heavy atom. The van der Waals surface area contributed by atoms with Crippen molar-refractivity contribution < 1.29 is 9.53 Å². The molecule has 0 atom stereocenters. The molecule has 5 rings (SSSR count). The quantitative estimate of drug-likeness (QED) is 0.472. The maximum absolute atomic E-state index is 12.9. The highest BCUT2D eigenvalue weighted by molar-refractivity contribution is 5.78. The lowest BCUT2D eigenvalue weighted by atomic mass is 10.1. The molecule has 6 heteroatoms. The van der Waals surface area contributed by atoms with E-state index in [1.807, 2.05) is 65.3 Å². The standard InChI is InChI=1S/C26H26N4O2/c1-18-10-11-23(20(3)14-18)30-26(28-12-6-7-13-28)21-15-29(16-22(21)27-30)25(31)17-32-24-9-5-4-8-19(24)2/h4-14H,15-17H2,1-3H3. The number of benzene rings is 2. The summed E-state index contributed by atoms with van der Waals surface area (Å²) in [6.07, 6.45) is 4.03. The summed E-state index contributed by atoms with van der Waals surface area (Å²) < 4.78 is 9.86. The second-order valence-corrected chi connectivity index (χ2v) is 8.34. The summed E-state index contributed by atoms with van der Waals surface area (Å²) in [5, 5.41) is 4.93. The highest BCUT2D eigenvalue weighted by Gasteiger charge is 2.31. The number of carbonyl (C=O) groups is 1. The maximum Gasteiger partial charge on any atom is 0.261 e. The molecule has 6 nitrogen and oxygen atoms in total. The molecule has 0 radical (unpaired) electrons. The van der Waals surface area contributed by atoms with Crippen molar-refractivity contribution in [3.05, 3.63) is 94.9 Å². The Kier molecular flexibility index (Phi) is 5.05. The van der Waals surface area contributed by atoms with Crippen LogP contribution in [0.2, 0.25) is 0 Å². The van der Waals surface area contributed by atoms with E-state index in [2.05, 4.69) is 36.6 Å². The van der Waals surface area contributed by atoms with Crippen molar-refractivity contribution in [1.29, 1.82) is 0 Å². The largest absolute Gasteiger partial charge is 0.484 e. The first-order valence-corrected chi connectivity index (χ1v) is 10.8. The van der Waals surface area contributed by atoms with Crippen molar-refractivity contribution in [2.75, 3.05) is 6.61 Å². The number of carbonyl (C=O) groups excluding carboxylic acids is 1. The summed E-state index contributed by atoms with van der Waals surface area (Å²) in [7, 11) is 0. The normalized spacial score (nSPS) is 12.8. The van der Waals surface area contributed by atoms with Crippen LogP contribution in [-0.2, 0) is 17.9 Å². The molecule has 0 saturated heterocycles. The van der Waals surface area contributed by atoms with Gasteiger partial charge in [-0.05, 0) is 56.2 Å².